The van der Waals surface area contributed by atoms with Gasteiger partial charge in [0.1, 0.15) is 5.01 Å². The van der Waals surface area contributed by atoms with Gasteiger partial charge in [0.15, 0.2) is 0 Å². The van der Waals surface area contributed by atoms with Gasteiger partial charge in [0.25, 0.3) is 0 Å². The zero-order valence-electron chi connectivity index (χ0n) is 9.25. The Bertz CT molecular complexity index is 333. The third-order valence-electron chi connectivity index (χ3n) is 3.81. The number of aromatic nitrogens is 1. The van der Waals surface area contributed by atoms with E-state index in [1.807, 2.05) is 11.3 Å². The molecule has 3 rings (SSSR count). The molecule has 1 unspecified atom stereocenters. The SMILES string of the molecule is CNC(c1nc2c(s1)CCC2)C1CCC1. The normalized spacial score (nSPS) is 22.5. The Morgan fingerprint density at radius 2 is 2.20 bits per heavy atom. The van der Waals surface area contributed by atoms with Crippen LogP contribution in [0.25, 0.3) is 0 Å². The summed E-state index contributed by atoms with van der Waals surface area (Å²) >= 11 is 1.96. The van der Waals surface area contributed by atoms with Gasteiger partial charge in [-0.25, -0.2) is 4.98 Å². The highest BCUT2D eigenvalue weighted by Crippen LogP contribution is 2.40. The number of aryl methyl sites for hydroxylation is 2. The number of rotatable bonds is 3. The van der Waals surface area contributed by atoms with Crippen molar-refractivity contribution in [1.29, 1.82) is 0 Å². The van der Waals surface area contributed by atoms with Crippen molar-refractivity contribution in [1.82, 2.24) is 10.3 Å². The van der Waals surface area contributed by atoms with Crippen LogP contribution in [-0.4, -0.2) is 12.0 Å². The van der Waals surface area contributed by atoms with Crippen molar-refractivity contribution < 1.29 is 0 Å². The van der Waals surface area contributed by atoms with Crippen molar-refractivity contribution in [2.24, 2.45) is 5.92 Å². The molecule has 2 aliphatic rings. The van der Waals surface area contributed by atoms with E-state index in [1.54, 1.807) is 4.88 Å². The van der Waals surface area contributed by atoms with Crippen molar-refractivity contribution >= 4 is 11.3 Å². The first-order valence-electron chi connectivity index (χ1n) is 6.04. The molecule has 0 aromatic carbocycles. The second kappa shape index (κ2) is 3.87. The minimum absolute atomic E-state index is 0.536. The summed E-state index contributed by atoms with van der Waals surface area (Å²) in [6.07, 6.45) is 7.99. The maximum atomic E-state index is 4.82. The molecule has 1 aromatic rings. The van der Waals surface area contributed by atoms with Crippen LogP contribution in [0.1, 0.15) is 47.3 Å². The fourth-order valence-electron chi connectivity index (χ4n) is 2.68. The molecule has 82 valence electrons. The molecular formula is C12H18N2S. The minimum atomic E-state index is 0.536. The largest absolute Gasteiger partial charge is 0.311 e. The Kier molecular flexibility index (Phi) is 2.53. The van der Waals surface area contributed by atoms with Gasteiger partial charge in [0, 0.05) is 4.88 Å². The van der Waals surface area contributed by atoms with Gasteiger partial charge in [0.05, 0.1) is 11.7 Å². The number of hydrogen-bond acceptors (Lipinski definition) is 3. The van der Waals surface area contributed by atoms with E-state index in [-0.39, 0.29) is 0 Å². The maximum Gasteiger partial charge on any atom is 0.110 e. The molecule has 0 saturated heterocycles. The zero-order valence-corrected chi connectivity index (χ0v) is 10.1. The first-order valence-corrected chi connectivity index (χ1v) is 6.86. The number of fused-ring (bicyclic) bond motifs is 1. The van der Waals surface area contributed by atoms with Gasteiger partial charge in [0.2, 0.25) is 0 Å². The van der Waals surface area contributed by atoms with E-state index >= 15 is 0 Å². The average Bonchev–Trinajstić information content (AvgIpc) is 2.69. The van der Waals surface area contributed by atoms with Gasteiger partial charge in [-0.3, -0.25) is 0 Å². The van der Waals surface area contributed by atoms with Crippen LogP contribution < -0.4 is 5.32 Å². The van der Waals surface area contributed by atoms with Crippen molar-refractivity contribution in [3.05, 3.63) is 15.6 Å². The molecule has 1 N–H and O–H groups in total. The first kappa shape index (κ1) is 9.79. The highest BCUT2D eigenvalue weighted by Gasteiger charge is 2.30. The van der Waals surface area contributed by atoms with Crippen molar-refractivity contribution in [3.8, 4) is 0 Å². The lowest BCUT2D eigenvalue weighted by atomic mass is 9.80. The highest BCUT2D eigenvalue weighted by molar-refractivity contribution is 7.11. The summed E-state index contributed by atoms with van der Waals surface area (Å²) < 4.78 is 0. The van der Waals surface area contributed by atoms with E-state index in [1.165, 1.54) is 49.2 Å². The van der Waals surface area contributed by atoms with Crippen LogP contribution in [-0.2, 0) is 12.8 Å². The van der Waals surface area contributed by atoms with Gasteiger partial charge >= 0.3 is 0 Å². The lowest BCUT2D eigenvalue weighted by Crippen LogP contribution is -2.29. The molecule has 15 heavy (non-hydrogen) atoms. The quantitative estimate of drug-likeness (QED) is 0.850. The Morgan fingerprint density at radius 3 is 2.80 bits per heavy atom. The summed E-state index contributed by atoms with van der Waals surface area (Å²) in [5, 5.41) is 4.81. The van der Waals surface area contributed by atoms with Gasteiger partial charge in [-0.05, 0) is 45.1 Å². The Balaban J connectivity index is 1.83. The van der Waals surface area contributed by atoms with Crippen LogP contribution in [0, 0.1) is 5.92 Å². The third-order valence-corrected chi connectivity index (χ3v) is 5.05. The van der Waals surface area contributed by atoms with Crippen molar-refractivity contribution in [2.45, 2.75) is 44.6 Å². The molecule has 1 saturated carbocycles. The third kappa shape index (κ3) is 1.62. The van der Waals surface area contributed by atoms with Crippen molar-refractivity contribution in [2.75, 3.05) is 7.05 Å². The fraction of sp³-hybridized carbons (Fsp3) is 0.750. The van der Waals surface area contributed by atoms with Crippen LogP contribution in [0.15, 0.2) is 0 Å². The van der Waals surface area contributed by atoms with Gasteiger partial charge < -0.3 is 5.32 Å². The van der Waals surface area contributed by atoms with Gasteiger partial charge in [-0.1, -0.05) is 6.42 Å². The van der Waals surface area contributed by atoms with E-state index in [9.17, 15) is 0 Å². The molecule has 3 heteroatoms. The number of nitrogens with one attached hydrogen (secondary N) is 1. The molecule has 0 amide bonds. The summed E-state index contributed by atoms with van der Waals surface area (Å²) in [5.74, 6) is 0.848. The Hall–Kier alpha value is -0.410. The molecule has 0 bridgehead atoms. The van der Waals surface area contributed by atoms with Crippen LogP contribution in [0.2, 0.25) is 0 Å². The van der Waals surface area contributed by atoms with E-state index in [0.717, 1.165) is 5.92 Å². The Labute approximate surface area is 95.1 Å². The summed E-state index contributed by atoms with van der Waals surface area (Å²) in [4.78, 5) is 6.38. The molecule has 0 aliphatic heterocycles. The van der Waals surface area contributed by atoms with Gasteiger partial charge in [-0.15, -0.1) is 11.3 Å². The lowest BCUT2D eigenvalue weighted by molar-refractivity contribution is 0.239. The van der Waals surface area contributed by atoms with E-state index in [2.05, 4.69) is 12.4 Å². The molecule has 1 aromatic heterocycles. The number of thiazole rings is 1. The van der Waals surface area contributed by atoms with Crippen molar-refractivity contribution in [3.63, 3.8) is 0 Å². The van der Waals surface area contributed by atoms with Crippen LogP contribution in [0.3, 0.4) is 0 Å². The molecule has 2 aliphatic carbocycles. The molecule has 2 nitrogen and oxygen atoms in total. The van der Waals surface area contributed by atoms with E-state index in [0.29, 0.717) is 6.04 Å². The molecule has 1 atom stereocenters. The van der Waals surface area contributed by atoms with Crippen LogP contribution in [0.5, 0.6) is 0 Å². The smallest absolute Gasteiger partial charge is 0.110 e. The summed E-state index contributed by atoms with van der Waals surface area (Å²) in [5.41, 5.74) is 1.40. The first-order chi connectivity index (χ1) is 7.38. The number of hydrogen-bond donors (Lipinski definition) is 1. The topological polar surface area (TPSA) is 24.9 Å². The molecule has 1 heterocycles. The zero-order chi connectivity index (χ0) is 10.3. The molecule has 1 fully saturated rings. The van der Waals surface area contributed by atoms with E-state index < -0.39 is 0 Å². The summed E-state index contributed by atoms with van der Waals surface area (Å²) in [7, 11) is 2.08. The maximum absolute atomic E-state index is 4.82. The average molecular weight is 222 g/mol. The fourth-order valence-corrected chi connectivity index (χ4v) is 4.03. The predicted octanol–water partition coefficient (Wildman–Crippen LogP) is 2.69. The second-order valence-electron chi connectivity index (χ2n) is 4.73. The minimum Gasteiger partial charge on any atom is -0.311 e. The molecular weight excluding hydrogens is 204 g/mol. The summed E-state index contributed by atoms with van der Waals surface area (Å²) in [6.45, 7) is 0. The summed E-state index contributed by atoms with van der Waals surface area (Å²) in [6, 6.07) is 0.536. The monoisotopic (exact) mass is 222 g/mol. The highest BCUT2D eigenvalue weighted by atomic mass is 32.1. The number of nitrogens with zero attached hydrogens (tertiary/aromatic N) is 1. The van der Waals surface area contributed by atoms with Gasteiger partial charge in [-0.2, -0.15) is 0 Å². The predicted molar refractivity (Wildman–Crippen MR) is 63.3 cm³/mol. The standard InChI is InChI=1S/C12H18N2S/c1-13-11(8-4-2-5-8)12-14-9-6-3-7-10(9)15-12/h8,11,13H,2-7H2,1H3. The van der Waals surface area contributed by atoms with E-state index in [4.69, 9.17) is 4.98 Å². The molecule has 0 radical (unpaired) electrons. The molecule has 0 spiro atoms. The second-order valence-corrected chi connectivity index (χ2v) is 5.85. The Morgan fingerprint density at radius 1 is 1.33 bits per heavy atom. The van der Waals surface area contributed by atoms with Crippen LogP contribution >= 0.6 is 11.3 Å². The lowest BCUT2D eigenvalue weighted by Gasteiger charge is -2.32. The van der Waals surface area contributed by atoms with Crippen LogP contribution in [0.4, 0.5) is 0 Å².